The predicted octanol–water partition coefficient (Wildman–Crippen LogP) is 2.53. The van der Waals surface area contributed by atoms with Crippen LogP contribution >= 0.6 is 0 Å². The molecule has 1 aromatic rings. The Labute approximate surface area is 113 Å². The van der Waals surface area contributed by atoms with Crippen LogP contribution in [0.25, 0.3) is 0 Å². The maximum absolute atomic E-state index is 11.9. The summed E-state index contributed by atoms with van der Waals surface area (Å²) in [6.45, 7) is 7.24. The zero-order valence-corrected chi connectivity index (χ0v) is 11.8. The van der Waals surface area contributed by atoms with Crippen molar-refractivity contribution in [2.45, 2.75) is 40.5 Å². The van der Waals surface area contributed by atoms with Gasteiger partial charge in [-0.25, -0.2) is 0 Å². The van der Waals surface area contributed by atoms with E-state index in [1.165, 1.54) is 0 Å². The molecule has 0 aliphatic heterocycles. The van der Waals surface area contributed by atoms with Crippen LogP contribution in [0.1, 0.15) is 38.1 Å². The number of hydrogen-bond donors (Lipinski definition) is 2. The van der Waals surface area contributed by atoms with Gasteiger partial charge in [-0.1, -0.05) is 13.8 Å². The molecule has 0 spiro atoms. The fourth-order valence-electron chi connectivity index (χ4n) is 1.92. The summed E-state index contributed by atoms with van der Waals surface area (Å²) in [5.74, 6) is -1.09. The van der Waals surface area contributed by atoms with Gasteiger partial charge in [0.05, 0.1) is 17.8 Å². The third kappa shape index (κ3) is 5.07. The van der Waals surface area contributed by atoms with Crippen LogP contribution in [0.2, 0.25) is 0 Å². The number of anilines is 1. The Bertz CT molecular complexity index is 495. The predicted molar refractivity (Wildman–Crippen MR) is 73.0 cm³/mol. The van der Waals surface area contributed by atoms with E-state index in [1.807, 2.05) is 19.9 Å². The van der Waals surface area contributed by atoms with E-state index in [-0.39, 0.29) is 18.7 Å². The Kier molecular flexibility index (Phi) is 4.64. The van der Waals surface area contributed by atoms with Gasteiger partial charge < -0.3 is 10.4 Å². The Hall–Kier alpha value is -1.91. The number of carboxylic acids is 1. The lowest BCUT2D eigenvalue weighted by atomic mass is 9.85. The molecule has 1 aromatic heterocycles. The van der Waals surface area contributed by atoms with Crippen LogP contribution in [-0.4, -0.2) is 22.0 Å². The monoisotopic (exact) mass is 264 g/mol. The number of pyridine rings is 1. The number of aromatic nitrogens is 1. The van der Waals surface area contributed by atoms with Crippen molar-refractivity contribution >= 4 is 17.6 Å². The highest BCUT2D eigenvalue weighted by molar-refractivity contribution is 5.91. The van der Waals surface area contributed by atoms with Crippen molar-refractivity contribution in [1.82, 2.24) is 4.98 Å². The van der Waals surface area contributed by atoms with Gasteiger partial charge in [0.25, 0.3) is 0 Å². The first-order valence-corrected chi connectivity index (χ1v) is 6.15. The van der Waals surface area contributed by atoms with Gasteiger partial charge in [0, 0.05) is 12.1 Å². The average molecular weight is 264 g/mol. The largest absolute Gasteiger partial charge is 0.481 e. The van der Waals surface area contributed by atoms with Crippen LogP contribution in [0.3, 0.4) is 0 Å². The summed E-state index contributed by atoms with van der Waals surface area (Å²) in [5, 5.41) is 11.6. The molecule has 0 saturated carbocycles. The van der Waals surface area contributed by atoms with Crippen molar-refractivity contribution < 1.29 is 14.7 Å². The third-order valence-electron chi connectivity index (χ3n) is 2.77. The van der Waals surface area contributed by atoms with E-state index in [4.69, 9.17) is 5.11 Å². The van der Waals surface area contributed by atoms with E-state index >= 15 is 0 Å². The summed E-state index contributed by atoms with van der Waals surface area (Å²) in [7, 11) is 0. The summed E-state index contributed by atoms with van der Waals surface area (Å²) < 4.78 is 0. The number of carbonyl (C=O) groups is 2. The zero-order valence-electron chi connectivity index (χ0n) is 11.8. The van der Waals surface area contributed by atoms with Gasteiger partial charge >= 0.3 is 5.97 Å². The van der Waals surface area contributed by atoms with E-state index in [0.29, 0.717) is 5.69 Å². The number of aryl methyl sites for hydroxylation is 2. The Morgan fingerprint density at radius 3 is 2.42 bits per heavy atom. The third-order valence-corrected chi connectivity index (χ3v) is 2.77. The van der Waals surface area contributed by atoms with Crippen LogP contribution < -0.4 is 5.32 Å². The van der Waals surface area contributed by atoms with Crippen molar-refractivity contribution in [2.24, 2.45) is 5.41 Å². The molecule has 1 heterocycles. The second-order valence-corrected chi connectivity index (χ2v) is 5.55. The summed E-state index contributed by atoms with van der Waals surface area (Å²) >= 11 is 0. The first-order chi connectivity index (χ1) is 8.69. The fraction of sp³-hybridized carbons (Fsp3) is 0.500. The SMILES string of the molecule is Cc1ccc(NC(=O)CC(C)(C)CC(=O)O)c(C)n1. The van der Waals surface area contributed by atoms with E-state index in [9.17, 15) is 9.59 Å². The molecular weight excluding hydrogens is 244 g/mol. The molecular formula is C14H20N2O3. The van der Waals surface area contributed by atoms with Gasteiger partial charge in [0.1, 0.15) is 0 Å². The topological polar surface area (TPSA) is 79.3 Å². The molecule has 2 N–H and O–H groups in total. The molecule has 0 aliphatic rings. The van der Waals surface area contributed by atoms with Crippen LogP contribution in [0, 0.1) is 19.3 Å². The molecule has 0 bridgehead atoms. The molecule has 104 valence electrons. The molecule has 0 unspecified atom stereocenters. The van der Waals surface area contributed by atoms with Crippen molar-refractivity contribution in [2.75, 3.05) is 5.32 Å². The lowest BCUT2D eigenvalue weighted by molar-refractivity contribution is -0.139. The minimum atomic E-state index is -0.897. The van der Waals surface area contributed by atoms with Crippen LogP contribution in [-0.2, 0) is 9.59 Å². The number of carboxylic acid groups (broad SMARTS) is 1. The lowest BCUT2D eigenvalue weighted by Crippen LogP contribution is -2.25. The number of carbonyl (C=O) groups excluding carboxylic acids is 1. The molecule has 19 heavy (non-hydrogen) atoms. The van der Waals surface area contributed by atoms with Crippen molar-refractivity contribution in [3.05, 3.63) is 23.5 Å². The van der Waals surface area contributed by atoms with Gasteiger partial charge in [-0.05, 0) is 31.4 Å². The highest BCUT2D eigenvalue weighted by atomic mass is 16.4. The molecule has 5 heteroatoms. The minimum absolute atomic E-state index is 0.0362. The summed E-state index contributed by atoms with van der Waals surface area (Å²) in [5.41, 5.74) is 1.75. The smallest absolute Gasteiger partial charge is 0.303 e. The van der Waals surface area contributed by atoms with E-state index in [1.54, 1.807) is 19.9 Å². The minimum Gasteiger partial charge on any atom is -0.481 e. The lowest BCUT2D eigenvalue weighted by Gasteiger charge is -2.21. The maximum Gasteiger partial charge on any atom is 0.303 e. The van der Waals surface area contributed by atoms with E-state index in [0.717, 1.165) is 11.4 Å². The molecule has 0 radical (unpaired) electrons. The Morgan fingerprint density at radius 1 is 1.26 bits per heavy atom. The Morgan fingerprint density at radius 2 is 1.89 bits per heavy atom. The maximum atomic E-state index is 11.9. The van der Waals surface area contributed by atoms with Crippen molar-refractivity contribution in [3.63, 3.8) is 0 Å². The standard InChI is InChI=1S/C14H20N2O3/c1-9-5-6-11(10(2)15-9)16-12(17)7-14(3,4)8-13(18)19/h5-6H,7-8H2,1-4H3,(H,16,17)(H,18,19). The van der Waals surface area contributed by atoms with Gasteiger partial charge in [-0.3, -0.25) is 14.6 Å². The Balaban J connectivity index is 2.67. The molecule has 0 fully saturated rings. The zero-order chi connectivity index (χ0) is 14.6. The number of nitrogens with zero attached hydrogens (tertiary/aromatic N) is 1. The first kappa shape index (κ1) is 15.1. The second-order valence-electron chi connectivity index (χ2n) is 5.55. The van der Waals surface area contributed by atoms with Gasteiger partial charge in [-0.2, -0.15) is 0 Å². The number of aliphatic carboxylic acids is 1. The molecule has 0 saturated heterocycles. The number of hydrogen-bond acceptors (Lipinski definition) is 3. The molecule has 1 rings (SSSR count). The fourth-order valence-corrected chi connectivity index (χ4v) is 1.92. The number of rotatable bonds is 5. The summed E-state index contributed by atoms with van der Waals surface area (Å²) in [6, 6.07) is 3.63. The molecule has 0 aliphatic carbocycles. The summed E-state index contributed by atoms with van der Waals surface area (Å²) in [6.07, 6.45) is 0.123. The van der Waals surface area contributed by atoms with Crippen LogP contribution in [0.5, 0.6) is 0 Å². The summed E-state index contributed by atoms with van der Waals surface area (Å²) in [4.78, 5) is 26.9. The molecule has 1 amide bonds. The quantitative estimate of drug-likeness (QED) is 0.856. The number of nitrogens with one attached hydrogen (secondary N) is 1. The van der Waals surface area contributed by atoms with Crippen LogP contribution in [0.15, 0.2) is 12.1 Å². The molecule has 0 atom stereocenters. The van der Waals surface area contributed by atoms with Crippen molar-refractivity contribution in [3.8, 4) is 0 Å². The second kappa shape index (κ2) is 5.82. The van der Waals surface area contributed by atoms with E-state index in [2.05, 4.69) is 10.3 Å². The average Bonchev–Trinajstić information content (AvgIpc) is 2.19. The molecule has 5 nitrogen and oxygen atoms in total. The first-order valence-electron chi connectivity index (χ1n) is 6.15. The van der Waals surface area contributed by atoms with Gasteiger partial charge in [0.2, 0.25) is 5.91 Å². The van der Waals surface area contributed by atoms with Crippen LogP contribution in [0.4, 0.5) is 5.69 Å². The van der Waals surface area contributed by atoms with Gasteiger partial charge in [0.15, 0.2) is 0 Å². The highest BCUT2D eigenvalue weighted by Crippen LogP contribution is 2.25. The van der Waals surface area contributed by atoms with Gasteiger partial charge in [-0.15, -0.1) is 0 Å². The highest BCUT2D eigenvalue weighted by Gasteiger charge is 2.25. The normalized spacial score (nSPS) is 11.2. The number of amides is 1. The molecule has 0 aromatic carbocycles. The van der Waals surface area contributed by atoms with E-state index < -0.39 is 11.4 Å². The van der Waals surface area contributed by atoms with Crippen molar-refractivity contribution in [1.29, 1.82) is 0 Å².